The molecule has 1 aromatic carbocycles. The molecular formula is C12H15NO4S. The molecule has 0 atom stereocenters. The summed E-state index contributed by atoms with van der Waals surface area (Å²) >= 11 is 0. The summed E-state index contributed by atoms with van der Waals surface area (Å²) in [5, 5.41) is 8.99. The van der Waals surface area contributed by atoms with Crippen LogP contribution >= 0.6 is 0 Å². The van der Waals surface area contributed by atoms with Gasteiger partial charge in [0.2, 0.25) is 10.0 Å². The molecule has 1 saturated heterocycles. The van der Waals surface area contributed by atoms with E-state index in [1.54, 1.807) is 13.8 Å². The number of carbonyl (C=O) groups is 1. The van der Waals surface area contributed by atoms with E-state index in [0.29, 0.717) is 24.2 Å². The van der Waals surface area contributed by atoms with Gasteiger partial charge in [-0.15, -0.1) is 0 Å². The topological polar surface area (TPSA) is 74.7 Å². The predicted molar refractivity (Wildman–Crippen MR) is 66.3 cm³/mol. The maximum Gasteiger partial charge on any atom is 0.335 e. The van der Waals surface area contributed by atoms with Crippen LogP contribution in [0.2, 0.25) is 0 Å². The molecule has 18 heavy (non-hydrogen) atoms. The Kier molecular flexibility index (Phi) is 3.16. The van der Waals surface area contributed by atoms with Gasteiger partial charge in [0.15, 0.2) is 0 Å². The first-order chi connectivity index (χ1) is 8.34. The van der Waals surface area contributed by atoms with Gasteiger partial charge in [-0.25, -0.2) is 13.2 Å². The number of hydrogen-bond acceptors (Lipinski definition) is 3. The Balaban J connectivity index is 2.59. The first-order valence-electron chi connectivity index (χ1n) is 5.68. The molecule has 1 heterocycles. The minimum absolute atomic E-state index is 0.0113. The normalized spacial score (nSPS) is 16.3. The van der Waals surface area contributed by atoms with Crippen molar-refractivity contribution in [2.45, 2.75) is 25.2 Å². The van der Waals surface area contributed by atoms with Crippen molar-refractivity contribution in [3.8, 4) is 0 Å². The molecule has 0 bridgehead atoms. The van der Waals surface area contributed by atoms with Gasteiger partial charge in [0.25, 0.3) is 0 Å². The van der Waals surface area contributed by atoms with E-state index in [4.69, 9.17) is 5.11 Å². The molecule has 1 aromatic rings. The second-order valence-corrected chi connectivity index (χ2v) is 6.39. The molecule has 2 rings (SSSR count). The molecule has 0 aromatic heterocycles. The van der Waals surface area contributed by atoms with E-state index in [9.17, 15) is 13.2 Å². The van der Waals surface area contributed by atoms with Gasteiger partial charge in [-0.2, -0.15) is 4.31 Å². The zero-order chi connectivity index (χ0) is 13.5. The fourth-order valence-electron chi connectivity index (χ4n) is 1.89. The molecule has 6 heteroatoms. The number of aryl methyl sites for hydroxylation is 1. The average molecular weight is 269 g/mol. The van der Waals surface area contributed by atoms with Gasteiger partial charge in [0.05, 0.1) is 10.5 Å². The zero-order valence-electron chi connectivity index (χ0n) is 10.3. The fraction of sp³-hybridized carbons (Fsp3) is 0.417. The van der Waals surface area contributed by atoms with E-state index in [1.807, 2.05) is 0 Å². The van der Waals surface area contributed by atoms with Crippen LogP contribution in [0.5, 0.6) is 0 Å². The third-order valence-corrected chi connectivity index (χ3v) is 5.32. The summed E-state index contributed by atoms with van der Waals surface area (Å²) < 4.78 is 26.0. The Hall–Kier alpha value is -1.40. The van der Waals surface area contributed by atoms with Crippen LogP contribution in [0.3, 0.4) is 0 Å². The van der Waals surface area contributed by atoms with Crippen molar-refractivity contribution in [3.63, 3.8) is 0 Å². The quantitative estimate of drug-likeness (QED) is 0.900. The second-order valence-electron chi connectivity index (χ2n) is 4.48. The van der Waals surface area contributed by atoms with E-state index in [-0.39, 0.29) is 10.5 Å². The Bertz CT molecular complexity index is 603. The maximum atomic E-state index is 12.3. The third-order valence-electron chi connectivity index (χ3n) is 3.30. The van der Waals surface area contributed by atoms with E-state index < -0.39 is 16.0 Å². The third kappa shape index (κ3) is 2.02. The van der Waals surface area contributed by atoms with Gasteiger partial charge in [-0.3, -0.25) is 0 Å². The van der Waals surface area contributed by atoms with Gasteiger partial charge in [-0.1, -0.05) is 0 Å². The van der Waals surface area contributed by atoms with Crippen LogP contribution in [0.15, 0.2) is 17.0 Å². The fourth-order valence-corrected chi connectivity index (χ4v) is 3.73. The highest BCUT2D eigenvalue weighted by atomic mass is 32.2. The first-order valence-corrected chi connectivity index (χ1v) is 7.12. The molecule has 1 aliphatic heterocycles. The number of rotatable bonds is 3. The van der Waals surface area contributed by atoms with E-state index in [1.165, 1.54) is 16.4 Å². The smallest absolute Gasteiger partial charge is 0.335 e. The molecule has 1 N–H and O–H groups in total. The van der Waals surface area contributed by atoms with E-state index in [2.05, 4.69) is 0 Å². The van der Waals surface area contributed by atoms with E-state index in [0.717, 1.165) is 6.42 Å². The number of benzene rings is 1. The molecule has 5 nitrogen and oxygen atoms in total. The van der Waals surface area contributed by atoms with Gasteiger partial charge < -0.3 is 5.11 Å². The number of hydrogen-bond donors (Lipinski definition) is 1. The highest BCUT2D eigenvalue weighted by Gasteiger charge is 2.31. The van der Waals surface area contributed by atoms with Crippen molar-refractivity contribution >= 4 is 16.0 Å². The second kappa shape index (κ2) is 4.37. The molecule has 1 aliphatic rings. The molecule has 0 spiro atoms. The Morgan fingerprint density at radius 3 is 2.33 bits per heavy atom. The zero-order valence-corrected chi connectivity index (χ0v) is 11.1. The highest BCUT2D eigenvalue weighted by Crippen LogP contribution is 2.27. The molecule has 98 valence electrons. The number of carboxylic acids is 1. The molecule has 0 aliphatic carbocycles. The van der Waals surface area contributed by atoms with Crippen LogP contribution in [0, 0.1) is 13.8 Å². The predicted octanol–water partition coefficient (Wildman–Crippen LogP) is 1.40. The lowest BCUT2D eigenvalue weighted by Gasteiger charge is -2.30. The largest absolute Gasteiger partial charge is 0.478 e. The molecule has 0 amide bonds. The lowest BCUT2D eigenvalue weighted by molar-refractivity contribution is 0.0696. The standard InChI is InChI=1S/C12H15NO4S/c1-8-6-10(12(14)15)7-11(9(8)2)18(16,17)13-4-3-5-13/h6-7H,3-5H2,1-2H3,(H,14,15). The van der Waals surface area contributed by atoms with Crippen LogP contribution in [0.1, 0.15) is 27.9 Å². The Morgan fingerprint density at radius 1 is 1.28 bits per heavy atom. The minimum atomic E-state index is -3.54. The maximum absolute atomic E-state index is 12.3. The van der Waals surface area contributed by atoms with Gasteiger partial charge in [0.1, 0.15) is 0 Å². The summed E-state index contributed by atoms with van der Waals surface area (Å²) in [5.74, 6) is -1.11. The lowest BCUT2D eigenvalue weighted by Crippen LogP contribution is -2.42. The van der Waals surface area contributed by atoms with Crippen LogP contribution in [-0.4, -0.2) is 36.9 Å². The summed E-state index contributed by atoms with van der Waals surface area (Å²) in [6.45, 7) is 4.45. The molecule has 0 unspecified atom stereocenters. The summed E-state index contributed by atoms with van der Waals surface area (Å²) in [4.78, 5) is 11.1. The summed E-state index contributed by atoms with van der Waals surface area (Å²) in [5.41, 5.74) is 1.30. The number of sulfonamides is 1. The van der Waals surface area contributed by atoms with Crippen LogP contribution in [0.4, 0.5) is 0 Å². The van der Waals surface area contributed by atoms with Crippen LogP contribution < -0.4 is 0 Å². The lowest BCUT2D eigenvalue weighted by atomic mass is 10.1. The summed E-state index contributed by atoms with van der Waals surface area (Å²) in [7, 11) is -3.54. The van der Waals surface area contributed by atoms with Crippen molar-refractivity contribution in [1.82, 2.24) is 4.31 Å². The van der Waals surface area contributed by atoms with Crippen molar-refractivity contribution < 1.29 is 18.3 Å². The van der Waals surface area contributed by atoms with Crippen molar-refractivity contribution in [2.75, 3.05) is 13.1 Å². The van der Waals surface area contributed by atoms with Crippen molar-refractivity contribution in [1.29, 1.82) is 0 Å². The van der Waals surface area contributed by atoms with Crippen molar-refractivity contribution in [2.24, 2.45) is 0 Å². The summed E-state index contributed by atoms with van der Waals surface area (Å²) in [6.07, 6.45) is 0.857. The van der Waals surface area contributed by atoms with E-state index >= 15 is 0 Å². The highest BCUT2D eigenvalue weighted by molar-refractivity contribution is 7.89. The molecule has 0 saturated carbocycles. The molecule has 1 fully saturated rings. The molecule has 0 radical (unpaired) electrons. The number of carboxylic acid groups (broad SMARTS) is 1. The number of aromatic carboxylic acids is 1. The Labute approximate surface area is 106 Å². The van der Waals surface area contributed by atoms with Crippen molar-refractivity contribution in [3.05, 3.63) is 28.8 Å². The number of nitrogens with zero attached hydrogens (tertiary/aromatic N) is 1. The van der Waals surface area contributed by atoms with Gasteiger partial charge in [0, 0.05) is 13.1 Å². The average Bonchev–Trinajstić information content (AvgIpc) is 2.17. The Morgan fingerprint density at radius 2 is 1.89 bits per heavy atom. The molecular weight excluding hydrogens is 254 g/mol. The minimum Gasteiger partial charge on any atom is -0.478 e. The van der Waals surface area contributed by atoms with Gasteiger partial charge in [-0.05, 0) is 43.5 Å². The van der Waals surface area contributed by atoms with Gasteiger partial charge >= 0.3 is 5.97 Å². The van der Waals surface area contributed by atoms with Crippen LogP contribution in [0.25, 0.3) is 0 Å². The first kappa shape index (κ1) is 13.0. The van der Waals surface area contributed by atoms with Crippen LogP contribution in [-0.2, 0) is 10.0 Å². The summed E-state index contributed by atoms with van der Waals surface area (Å²) in [6, 6.07) is 2.74. The monoisotopic (exact) mass is 269 g/mol. The SMILES string of the molecule is Cc1cc(C(=O)O)cc(S(=O)(=O)N2CCC2)c1C.